The first-order chi connectivity index (χ1) is 60.0. The van der Waals surface area contributed by atoms with E-state index in [2.05, 4.69) is 264 Å². The van der Waals surface area contributed by atoms with Crippen molar-refractivity contribution in [2.24, 2.45) is 0 Å². The predicted octanol–water partition coefficient (Wildman–Crippen LogP) is 28.6. The second kappa shape index (κ2) is 53.4. The zero-order valence-corrected chi connectivity index (χ0v) is 83.3. The Labute approximate surface area is 817 Å². The molecule has 12 aromatic carbocycles. The summed E-state index contributed by atoms with van der Waals surface area (Å²) in [5.41, 5.74) is 34.5. The van der Waals surface area contributed by atoms with E-state index in [9.17, 15) is 0 Å². The Morgan fingerprint density at radius 2 is 0.575 bits per heavy atom. The summed E-state index contributed by atoms with van der Waals surface area (Å²) in [6.45, 7) is 14.7. The van der Waals surface area contributed by atoms with Crippen molar-refractivity contribution in [3.8, 4) is 134 Å². The van der Waals surface area contributed by atoms with E-state index in [1.54, 1.807) is 6.20 Å². The van der Waals surface area contributed by atoms with Crippen molar-refractivity contribution in [3.05, 3.63) is 501 Å². The number of aromatic nitrogens is 7. The normalized spacial score (nSPS) is 9.88. The van der Waals surface area contributed by atoms with E-state index >= 15 is 0 Å². The van der Waals surface area contributed by atoms with Gasteiger partial charge in [0.25, 0.3) is 0 Å². The summed E-state index contributed by atoms with van der Waals surface area (Å²) in [5, 5.41) is 0. The molecule has 0 saturated heterocycles. The molecule has 0 saturated carbocycles. The van der Waals surface area contributed by atoms with Crippen LogP contribution in [0.2, 0.25) is 0 Å². The van der Waals surface area contributed by atoms with Gasteiger partial charge in [0.2, 0.25) is 0 Å². The molecule has 5 radical (unpaired) electrons. The molecular formula is C115H92Ir5N7-7. The molecule has 7 aromatic heterocycles. The predicted molar refractivity (Wildman–Crippen MR) is 505 cm³/mol. The number of pyridine rings is 7. The molecule has 0 atom stereocenters. The van der Waals surface area contributed by atoms with E-state index < -0.39 is 0 Å². The van der Waals surface area contributed by atoms with Crippen LogP contribution in [-0.4, -0.2) is 34.9 Å². The van der Waals surface area contributed by atoms with E-state index in [0.29, 0.717) is 0 Å². The molecular weight excluding hydrogens is 2440 g/mol. The molecule has 7 nitrogen and oxygen atoms in total. The largest absolute Gasteiger partial charge is 0.305 e. The Balaban J connectivity index is 0.000000183. The van der Waals surface area contributed by atoms with Crippen molar-refractivity contribution >= 4 is 0 Å². The topological polar surface area (TPSA) is 90.2 Å². The van der Waals surface area contributed by atoms with Crippen molar-refractivity contribution in [1.29, 1.82) is 0 Å². The molecule has 7 heterocycles. The molecule has 12 heteroatoms. The molecule has 0 N–H and O–H groups in total. The fraction of sp³-hybridized carbons (Fsp3) is 0.0696. The Morgan fingerprint density at radius 3 is 0.961 bits per heavy atom. The molecule has 0 unspecified atom stereocenters. The van der Waals surface area contributed by atoms with Crippen molar-refractivity contribution in [2.45, 2.75) is 54.9 Å². The molecule has 0 aliphatic carbocycles. The van der Waals surface area contributed by atoms with Gasteiger partial charge >= 0.3 is 0 Å². The van der Waals surface area contributed by atoms with Gasteiger partial charge in [-0.2, -0.15) is 0 Å². The van der Waals surface area contributed by atoms with Gasteiger partial charge in [-0.1, -0.05) is 219 Å². The van der Waals surface area contributed by atoms with E-state index in [0.717, 1.165) is 108 Å². The number of hydrogen-bond acceptors (Lipinski definition) is 7. The number of nitrogens with zero attached hydrogens (tertiary/aromatic N) is 7. The van der Waals surface area contributed by atoms with E-state index in [1.807, 2.05) is 274 Å². The summed E-state index contributed by atoms with van der Waals surface area (Å²) in [4.78, 5) is 31.6. The first-order valence-electron chi connectivity index (χ1n) is 40.8. The van der Waals surface area contributed by atoms with Crippen LogP contribution in [0.25, 0.3) is 134 Å². The minimum atomic E-state index is 0. The van der Waals surface area contributed by atoms with Crippen LogP contribution in [0.5, 0.6) is 0 Å². The second-order valence-electron chi connectivity index (χ2n) is 28.7. The van der Waals surface area contributed by atoms with Gasteiger partial charge in [0.15, 0.2) is 0 Å². The van der Waals surface area contributed by atoms with E-state index in [-0.39, 0.29) is 101 Å². The summed E-state index contributed by atoms with van der Waals surface area (Å²) in [6.07, 6.45) is 10.6. The van der Waals surface area contributed by atoms with Gasteiger partial charge in [-0.15, -0.1) is 251 Å². The number of aryl methyl sites for hydroxylation is 7. The van der Waals surface area contributed by atoms with Crippen molar-refractivity contribution in [3.63, 3.8) is 0 Å². The third kappa shape index (κ3) is 29.8. The van der Waals surface area contributed by atoms with Gasteiger partial charge in [0.1, 0.15) is 0 Å². The van der Waals surface area contributed by atoms with Crippen LogP contribution in [0.1, 0.15) is 46.1 Å². The molecule has 19 rings (SSSR count). The fourth-order valence-corrected chi connectivity index (χ4v) is 13.6. The molecule has 19 aromatic rings. The monoisotopic (exact) mass is 2540 g/mol. The van der Waals surface area contributed by atoms with Crippen molar-refractivity contribution in [2.75, 3.05) is 0 Å². The maximum atomic E-state index is 4.69. The summed E-state index contributed by atoms with van der Waals surface area (Å²) < 4.78 is 0. The van der Waals surface area contributed by atoms with E-state index in [4.69, 9.17) is 0 Å². The number of benzene rings is 12. The molecule has 0 aliphatic heterocycles. The summed E-state index contributed by atoms with van der Waals surface area (Å²) >= 11 is 0. The van der Waals surface area contributed by atoms with E-state index in [1.165, 1.54) is 72.3 Å². The van der Waals surface area contributed by atoms with Crippen molar-refractivity contribution < 1.29 is 101 Å². The van der Waals surface area contributed by atoms with Crippen LogP contribution >= 0.6 is 0 Å². The Bertz CT molecular complexity index is 6220. The first kappa shape index (κ1) is 100. The van der Waals surface area contributed by atoms with Gasteiger partial charge in [0.05, 0.1) is 0 Å². The van der Waals surface area contributed by atoms with Gasteiger partial charge in [-0.25, -0.2) is 0 Å². The van der Waals surface area contributed by atoms with Gasteiger partial charge in [0, 0.05) is 160 Å². The van der Waals surface area contributed by atoms with Gasteiger partial charge < -0.3 is 34.9 Å². The maximum Gasteiger partial charge on any atom is 0.0344 e. The van der Waals surface area contributed by atoms with Crippen LogP contribution < -0.4 is 0 Å². The van der Waals surface area contributed by atoms with Crippen LogP contribution in [0.15, 0.2) is 419 Å². The first-order valence-corrected chi connectivity index (χ1v) is 40.8. The molecule has 127 heavy (non-hydrogen) atoms. The molecule has 0 aliphatic rings. The van der Waals surface area contributed by atoms with Crippen LogP contribution in [-0.2, 0) is 107 Å². The number of rotatable bonds is 13. The Kier molecular flexibility index (Phi) is 42.2. The maximum absolute atomic E-state index is 4.69. The van der Waals surface area contributed by atoms with Crippen LogP contribution in [0.4, 0.5) is 0 Å². The zero-order chi connectivity index (χ0) is 84.3. The summed E-state index contributed by atoms with van der Waals surface area (Å²) in [5.74, 6) is 0. The Morgan fingerprint density at radius 1 is 0.220 bits per heavy atom. The molecule has 0 fully saturated rings. The third-order valence-corrected chi connectivity index (χ3v) is 20.0. The smallest absolute Gasteiger partial charge is 0.0344 e. The fourth-order valence-electron chi connectivity index (χ4n) is 13.6. The van der Waals surface area contributed by atoms with Gasteiger partial charge in [-0.05, 0) is 161 Å². The second-order valence-corrected chi connectivity index (χ2v) is 28.7. The van der Waals surface area contributed by atoms with Crippen LogP contribution in [0.3, 0.4) is 0 Å². The minimum absolute atomic E-state index is 0. The SMILES string of the molecule is CCc1cc(-c2[c-]cccc2)ncc1-c1ccccc1.Cc1cccc(-c2[c-]cccc2)n1.Cc1cccc(-c2cnc(-c3[c-]cccc3)cc2C)c1.Cc1ccccc1-c1ccc(-c2[c-]cccc2)nc1.Cc1ccccc1-c1ccc(-c2[c-]cccc2)nc1.Cc1nc(-c2[c-]cccc2)ccc1-c1ccccc1.[Ir].[Ir].[Ir].[Ir].[Ir].[c-]1ccccc1-c1ccccn1. The summed E-state index contributed by atoms with van der Waals surface area (Å²) in [6, 6.07) is 152. The minimum Gasteiger partial charge on any atom is -0.305 e. The number of hydrogen-bond donors (Lipinski definition) is 0. The molecule has 0 amide bonds. The van der Waals surface area contributed by atoms with Crippen molar-refractivity contribution in [1.82, 2.24) is 34.9 Å². The molecule has 639 valence electrons. The Hall–Kier alpha value is -12.1. The molecule has 0 spiro atoms. The quantitative estimate of drug-likeness (QED) is 0.106. The average Bonchev–Trinajstić information content (AvgIpc) is 0.847. The summed E-state index contributed by atoms with van der Waals surface area (Å²) in [7, 11) is 0. The van der Waals surface area contributed by atoms with Gasteiger partial charge in [-0.3, -0.25) is 0 Å². The average molecular weight is 2530 g/mol. The zero-order valence-electron chi connectivity index (χ0n) is 71.3. The van der Waals surface area contributed by atoms with Crippen LogP contribution in [0, 0.1) is 84.0 Å². The molecule has 0 bridgehead atoms. The standard InChI is InChI=1S/2C19H16N.3C18H14N.C12H10N.C11H8N.5Ir/c1-14-7-6-10-17(11-14)18-13-20-19(12-15(18)2)16-8-4-3-5-9-16;1-2-15-13-19(17-11-7-4-8-12-17)20-14-18(15)16-9-5-3-6-10-16;1-14-17(15-8-4-2-5-9-15)12-13-18(19-14)16-10-6-3-7-11-16;2*1-14-7-5-6-10-17(14)16-11-12-18(19-13-16)15-8-3-2-4-9-15;1-10-6-5-9-12(13-10)11-7-3-2-4-8-11;1-2-6-10(7-3-1)11-8-4-5-9-12-11;;;;;/h3-8,10-13H,1-2H3;3-11,13-14H,2H2,1H3;2-10,12-13H,1H3;2*2-8,10-13H,1H3;2-7,9H,1H3;1-6,8-9H;;;;;/q7*-1;;;;;. The third-order valence-electron chi connectivity index (χ3n) is 20.0.